The molecule has 19 rings (SSSR count). The number of pyridine rings is 2. The van der Waals surface area contributed by atoms with Crippen LogP contribution in [0.2, 0.25) is 0 Å². The van der Waals surface area contributed by atoms with E-state index >= 15 is 0 Å². The topological polar surface area (TPSA) is 141 Å². The first-order chi connectivity index (χ1) is 50.4. The Bertz CT molecular complexity index is 6370. The van der Waals surface area contributed by atoms with Crippen LogP contribution >= 0.6 is 0 Å². The quantitative estimate of drug-likeness (QED) is 0.134. The Labute approximate surface area is 585 Å². The number of nitrogens with zero attached hydrogens (tertiary/aromatic N) is 10. The van der Waals surface area contributed by atoms with E-state index in [4.69, 9.17) is 9.97 Å². The van der Waals surface area contributed by atoms with Crippen LogP contribution in [0.15, 0.2) is 316 Å². The molecule has 0 fully saturated rings. The van der Waals surface area contributed by atoms with Gasteiger partial charge in [0.15, 0.2) is 0 Å². The summed E-state index contributed by atoms with van der Waals surface area (Å²) in [4.78, 5) is 11.4. The van der Waals surface area contributed by atoms with Crippen molar-refractivity contribution in [2.45, 2.75) is 0 Å². The predicted octanol–water partition coefficient (Wildman–Crippen LogP) is 22.4. The van der Waals surface area contributed by atoms with Gasteiger partial charge in [0.2, 0.25) is 0 Å². The van der Waals surface area contributed by atoms with Gasteiger partial charge in [-0.1, -0.05) is 164 Å². The summed E-state index contributed by atoms with van der Waals surface area (Å²) in [6.07, 6.45) is 1.83. The molecule has 102 heavy (non-hydrogen) atoms. The number of hydrogen-bond donors (Lipinski definition) is 0. The first-order valence-corrected chi connectivity index (χ1v) is 33.7. The Morgan fingerprint density at radius 2 is 0.569 bits per heavy atom. The van der Waals surface area contributed by atoms with Crippen LogP contribution in [0.1, 0.15) is 22.3 Å². The minimum atomic E-state index is 0.468. The minimum Gasteiger partial charge on any atom is -0.309 e. The van der Waals surface area contributed by atoms with Gasteiger partial charge in [0, 0.05) is 82.9 Å². The van der Waals surface area contributed by atoms with Crippen molar-refractivity contribution < 1.29 is 0 Å². The van der Waals surface area contributed by atoms with Gasteiger partial charge >= 0.3 is 0 Å². The molecule has 0 aliphatic heterocycles. The molecule has 0 N–H and O–H groups in total. The molecule has 0 radical (unpaired) electrons. The monoisotopic (exact) mass is 1300 g/mol. The van der Waals surface area contributed by atoms with Gasteiger partial charge in [-0.3, -0.25) is 14.1 Å². The Balaban J connectivity index is 0.963. The van der Waals surface area contributed by atoms with Crippen molar-refractivity contribution in [1.82, 2.24) is 28.2 Å². The maximum atomic E-state index is 10.6. The van der Waals surface area contributed by atoms with Gasteiger partial charge in [0.25, 0.3) is 0 Å². The van der Waals surface area contributed by atoms with E-state index in [1.165, 1.54) is 0 Å². The van der Waals surface area contributed by atoms with Gasteiger partial charge in [-0.05, 0) is 185 Å². The van der Waals surface area contributed by atoms with Gasteiger partial charge in [-0.25, -0.2) is 4.98 Å². The Morgan fingerprint density at radius 1 is 0.235 bits per heavy atom. The summed E-state index contributed by atoms with van der Waals surface area (Å²) in [7, 11) is 0. The normalized spacial score (nSPS) is 11.5. The van der Waals surface area contributed by atoms with E-state index in [0.29, 0.717) is 33.9 Å². The number of aromatic nitrogens is 6. The van der Waals surface area contributed by atoms with Crippen LogP contribution in [-0.4, -0.2) is 28.2 Å². The molecule has 0 saturated heterocycles. The van der Waals surface area contributed by atoms with E-state index in [1.54, 1.807) is 0 Å². The fraction of sp³-hybridized carbons (Fsp3) is 0. The van der Waals surface area contributed by atoms with Crippen molar-refractivity contribution in [3.05, 3.63) is 338 Å². The van der Waals surface area contributed by atoms with Crippen molar-refractivity contribution in [3.63, 3.8) is 0 Å². The van der Waals surface area contributed by atoms with Gasteiger partial charge in [-0.2, -0.15) is 21.0 Å². The van der Waals surface area contributed by atoms with Crippen LogP contribution < -0.4 is 0 Å². The lowest BCUT2D eigenvalue weighted by molar-refractivity contribution is 1.02. The summed E-state index contributed by atoms with van der Waals surface area (Å²) in [6.45, 7) is 0. The van der Waals surface area contributed by atoms with E-state index in [0.717, 1.165) is 165 Å². The van der Waals surface area contributed by atoms with Crippen LogP contribution in [0, 0.1) is 45.3 Å². The standard InChI is InChI=1S/C92H52N10/c93-53-57-26-40-84-73(47-57)74-48-58(54-94)27-41-85(74)101(84)91-88(63-30-36-67(37-31-63)99-80-24-11-9-20-70(80)77-51-65(34-44-82(77)99)61-15-3-1-4-16-61)90(72-22-8-7-19-69(72)79-23-13-14-46-97-79)89(92(98-91)102-86-42-28-59(55-95)49-75(86)76-50-60(56-96)29-43-87(76)102)64-32-38-68(39-33-64)100-81-25-12-10-21-71(81)78-52-66(35-45-83(78)100)62-17-5-2-6-18-62/h1-52H. The number of nitriles is 4. The number of fused-ring (bicyclic) bond motifs is 12. The molecule has 13 aromatic carbocycles. The Kier molecular flexibility index (Phi) is 13.5. The van der Waals surface area contributed by atoms with Gasteiger partial charge in [0.1, 0.15) is 11.6 Å². The Morgan fingerprint density at radius 3 is 0.971 bits per heavy atom. The maximum Gasteiger partial charge on any atom is 0.148 e. The average Bonchev–Trinajstić information content (AvgIpc) is 1.52. The molecular formula is C92H52N10. The van der Waals surface area contributed by atoms with Gasteiger partial charge in [0.05, 0.1) is 96.4 Å². The zero-order valence-electron chi connectivity index (χ0n) is 54.5. The van der Waals surface area contributed by atoms with Crippen LogP contribution in [-0.2, 0) is 0 Å². The summed E-state index contributed by atoms with van der Waals surface area (Å²) in [6, 6.07) is 116. The number of benzene rings is 13. The number of rotatable bonds is 10. The van der Waals surface area contributed by atoms with Crippen molar-refractivity contribution in [2.75, 3.05) is 0 Å². The molecule has 6 aromatic heterocycles. The smallest absolute Gasteiger partial charge is 0.148 e. The number of para-hydroxylation sites is 2. The molecule has 10 heteroatoms. The van der Waals surface area contributed by atoms with Crippen LogP contribution in [0.3, 0.4) is 0 Å². The van der Waals surface area contributed by atoms with Crippen LogP contribution in [0.4, 0.5) is 0 Å². The predicted molar refractivity (Wildman–Crippen MR) is 411 cm³/mol. The summed E-state index contributed by atoms with van der Waals surface area (Å²) >= 11 is 0. The van der Waals surface area contributed by atoms with Crippen LogP contribution in [0.25, 0.3) is 177 Å². The van der Waals surface area contributed by atoms with Crippen molar-refractivity contribution in [2.24, 2.45) is 0 Å². The van der Waals surface area contributed by atoms with E-state index < -0.39 is 0 Å². The molecule has 0 aliphatic carbocycles. The third-order valence-corrected chi connectivity index (χ3v) is 20.2. The molecule has 470 valence electrons. The lowest BCUT2D eigenvalue weighted by Gasteiger charge is -2.26. The minimum absolute atomic E-state index is 0.468. The summed E-state index contributed by atoms with van der Waals surface area (Å²) < 4.78 is 9.08. The SMILES string of the molecule is N#Cc1ccc2c(c1)c1cc(C#N)ccc1n2-c1nc(-n2c3ccc(C#N)cc3c3cc(C#N)ccc32)c(-c2ccc(-n3c4ccccc4c4cc(-c5ccccc5)ccc43)cc2)c(-c2ccccc2-c2ccccn2)c1-c1ccc(-n2c3ccccc3c3cc(-c4ccccc4)ccc32)cc1. The highest BCUT2D eigenvalue weighted by Gasteiger charge is 2.32. The lowest BCUT2D eigenvalue weighted by Crippen LogP contribution is -2.11. The van der Waals surface area contributed by atoms with E-state index in [9.17, 15) is 21.0 Å². The largest absolute Gasteiger partial charge is 0.309 e. The molecule has 6 heterocycles. The summed E-state index contributed by atoms with van der Waals surface area (Å²) in [5, 5.41) is 50.0. The van der Waals surface area contributed by atoms with Crippen molar-refractivity contribution in [1.29, 1.82) is 21.0 Å². The molecule has 19 aromatic rings. The first kappa shape index (κ1) is 58.7. The zero-order valence-corrected chi connectivity index (χ0v) is 54.5. The highest BCUT2D eigenvalue weighted by atomic mass is 15.1. The average molecular weight is 1300 g/mol. The van der Waals surface area contributed by atoms with Crippen LogP contribution in [0.5, 0.6) is 0 Å². The second-order valence-electron chi connectivity index (χ2n) is 25.7. The number of hydrogen-bond acceptors (Lipinski definition) is 6. The van der Waals surface area contributed by atoms with Gasteiger partial charge in [-0.15, -0.1) is 0 Å². The molecule has 0 saturated carbocycles. The van der Waals surface area contributed by atoms with Gasteiger partial charge < -0.3 is 9.13 Å². The van der Waals surface area contributed by atoms with E-state index in [1.807, 2.05) is 109 Å². The Hall–Kier alpha value is -14.7. The third kappa shape index (κ3) is 9.23. The van der Waals surface area contributed by atoms with E-state index in [-0.39, 0.29) is 0 Å². The second-order valence-corrected chi connectivity index (χ2v) is 25.7. The lowest BCUT2D eigenvalue weighted by atomic mass is 9.85. The highest BCUT2D eigenvalue weighted by molar-refractivity contribution is 6.16. The molecular weight excluding hydrogens is 1250 g/mol. The molecule has 0 aliphatic rings. The molecule has 0 bridgehead atoms. The first-order valence-electron chi connectivity index (χ1n) is 33.7. The van der Waals surface area contributed by atoms with E-state index in [2.05, 4.69) is 249 Å². The highest BCUT2D eigenvalue weighted by Crippen LogP contribution is 2.52. The summed E-state index contributed by atoms with van der Waals surface area (Å²) in [5.74, 6) is 1.11. The summed E-state index contributed by atoms with van der Waals surface area (Å²) in [5.41, 5.74) is 22.3. The molecule has 0 unspecified atom stereocenters. The molecule has 0 atom stereocenters. The fourth-order valence-electron chi connectivity index (χ4n) is 15.6. The molecule has 0 amide bonds. The third-order valence-electron chi connectivity index (χ3n) is 20.2. The fourth-order valence-corrected chi connectivity index (χ4v) is 15.6. The van der Waals surface area contributed by atoms with Crippen molar-refractivity contribution >= 4 is 87.2 Å². The maximum absolute atomic E-state index is 10.6. The second kappa shape index (κ2) is 23.6. The van der Waals surface area contributed by atoms with Crippen molar-refractivity contribution in [3.8, 4) is 114 Å². The molecule has 0 spiro atoms. The molecule has 10 nitrogen and oxygen atoms in total. The zero-order chi connectivity index (χ0) is 68.1.